The van der Waals surface area contributed by atoms with E-state index in [1.165, 1.54) is 15.1 Å². The highest BCUT2D eigenvalue weighted by Crippen LogP contribution is 2.34. The van der Waals surface area contributed by atoms with Gasteiger partial charge in [-0.3, -0.25) is 4.98 Å². The third-order valence-electron chi connectivity index (χ3n) is 3.83. The van der Waals surface area contributed by atoms with Crippen LogP contribution in [-0.2, 0) is 6.42 Å². The molecule has 0 atom stereocenters. The predicted octanol–water partition coefficient (Wildman–Crippen LogP) is 4.41. The average Bonchev–Trinajstić information content (AvgIpc) is 3.18. The molecule has 4 aromatic rings. The van der Waals surface area contributed by atoms with Crippen molar-refractivity contribution < 1.29 is 0 Å². The predicted molar refractivity (Wildman–Crippen MR) is 94.1 cm³/mol. The number of nitrogens with zero attached hydrogens (tertiary/aromatic N) is 4. The summed E-state index contributed by atoms with van der Waals surface area (Å²) in [6.07, 6.45) is 6.76. The van der Waals surface area contributed by atoms with Crippen molar-refractivity contribution in [3.63, 3.8) is 0 Å². The minimum atomic E-state index is 0.855. The second-order valence-corrected chi connectivity index (χ2v) is 6.55. The molecular formula is C18H16N4S. The molecule has 0 aliphatic carbocycles. The summed E-state index contributed by atoms with van der Waals surface area (Å²) in [5.74, 6) is 0.855. The van der Waals surface area contributed by atoms with Crippen LogP contribution in [0.1, 0.15) is 18.2 Å². The van der Waals surface area contributed by atoms with Crippen LogP contribution in [0.25, 0.3) is 26.5 Å². The fourth-order valence-corrected chi connectivity index (χ4v) is 3.70. The van der Waals surface area contributed by atoms with E-state index in [9.17, 15) is 0 Å². The van der Waals surface area contributed by atoms with Crippen LogP contribution in [0.5, 0.6) is 0 Å². The van der Waals surface area contributed by atoms with Crippen molar-refractivity contribution in [1.29, 1.82) is 0 Å². The fourth-order valence-electron chi connectivity index (χ4n) is 2.65. The molecule has 5 heteroatoms. The van der Waals surface area contributed by atoms with Crippen LogP contribution in [0, 0.1) is 6.92 Å². The molecule has 4 nitrogen and oxygen atoms in total. The van der Waals surface area contributed by atoms with E-state index in [1.807, 2.05) is 48.3 Å². The molecule has 0 aliphatic rings. The van der Waals surface area contributed by atoms with E-state index >= 15 is 0 Å². The van der Waals surface area contributed by atoms with Gasteiger partial charge in [0, 0.05) is 34.4 Å². The summed E-state index contributed by atoms with van der Waals surface area (Å²) in [7, 11) is 0. The molecule has 4 heterocycles. The van der Waals surface area contributed by atoms with Gasteiger partial charge in [0.05, 0.1) is 4.88 Å². The Morgan fingerprint density at radius 3 is 2.91 bits per heavy atom. The number of pyridine rings is 2. The van der Waals surface area contributed by atoms with E-state index in [0.29, 0.717) is 0 Å². The SMILES string of the molecule is CCc1cn(-c2cccc(C)n2)nc1-c1cc2cnccc2s1. The normalized spacial score (nSPS) is 11.2. The molecule has 0 fully saturated rings. The minimum absolute atomic E-state index is 0.855. The van der Waals surface area contributed by atoms with Crippen LogP contribution in [-0.4, -0.2) is 19.7 Å². The molecule has 0 spiro atoms. The van der Waals surface area contributed by atoms with Crippen molar-refractivity contribution in [1.82, 2.24) is 19.7 Å². The lowest BCUT2D eigenvalue weighted by Gasteiger charge is -2.00. The molecule has 0 radical (unpaired) electrons. The molecular weight excluding hydrogens is 304 g/mol. The van der Waals surface area contributed by atoms with Crippen LogP contribution in [0.15, 0.2) is 48.9 Å². The Labute approximate surface area is 138 Å². The first-order valence-electron chi connectivity index (χ1n) is 7.61. The number of hydrogen-bond acceptors (Lipinski definition) is 4. The molecule has 114 valence electrons. The zero-order valence-electron chi connectivity index (χ0n) is 13.0. The molecule has 0 saturated carbocycles. The van der Waals surface area contributed by atoms with Gasteiger partial charge in [-0.25, -0.2) is 9.67 Å². The molecule has 0 N–H and O–H groups in total. The van der Waals surface area contributed by atoms with Crippen LogP contribution >= 0.6 is 11.3 Å². The van der Waals surface area contributed by atoms with Gasteiger partial charge in [-0.1, -0.05) is 13.0 Å². The lowest BCUT2D eigenvalue weighted by Crippen LogP contribution is -1.98. The number of fused-ring (bicyclic) bond motifs is 1. The highest BCUT2D eigenvalue weighted by molar-refractivity contribution is 7.22. The number of aromatic nitrogens is 4. The molecule has 0 bridgehead atoms. The van der Waals surface area contributed by atoms with E-state index in [1.54, 1.807) is 11.3 Å². The van der Waals surface area contributed by atoms with Gasteiger partial charge in [0.1, 0.15) is 5.69 Å². The molecule has 0 amide bonds. The summed E-state index contributed by atoms with van der Waals surface area (Å²) < 4.78 is 3.12. The lowest BCUT2D eigenvalue weighted by molar-refractivity contribution is 0.843. The number of rotatable bonds is 3. The van der Waals surface area contributed by atoms with E-state index in [-0.39, 0.29) is 0 Å². The fraction of sp³-hybridized carbons (Fsp3) is 0.167. The highest BCUT2D eigenvalue weighted by Gasteiger charge is 2.14. The van der Waals surface area contributed by atoms with Crippen LogP contribution < -0.4 is 0 Å². The van der Waals surface area contributed by atoms with E-state index in [2.05, 4.69) is 29.2 Å². The van der Waals surface area contributed by atoms with Gasteiger partial charge in [0.2, 0.25) is 0 Å². The summed E-state index contributed by atoms with van der Waals surface area (Å²) >= 11 is 1.76. The van der Waals surface area contributed by atoms with Crippen LogP contribution in [0.4, 0.5) is 0 Å². The second-order valence-electron chi connectivity index (χ2n) is 5.46. The standard InChI is InChI=1S/C18H16N4S/c1-3-13-11-22(17-6-4-5-12(2)20-17)21-18(13)16-9-14-10-19-8-7-15(14)23-16/h4-11H,3H2,1-2H3. The first-order chi connectivity index (χ1) is 11.2. The molecule has 0 unspecified atom stereocenters. The Balaban J connectivity index is 1.85. The van der Waals surface area contributed by atoms with Gasteiger partial charge in [0.25, 0.3) is 0 Å². The summed E-state index contributed by atoms with van der Waals surface area (Å²) in [6, 6.07) is 10.2. The van der Waals surface area contributed by atoms with E-state index in [0.717, 1.165) is 29.0 Å². The van der Waals surface area contributed by atoms with Crippen LogP contribution in [0.2, 0.25) is 0 Å². The highest BCUT2D eigenvalue weighted by atomic mass is 32.1. The van der Waals surface area contributed by atoms with Crippen molar-refractivity contribution >= 4 is 21.4 Å². The third-order valence-corrected chi connectivity index (χ3v) is 4.95. The number of hydrogen-bond donors (Lipinski definition) is 0. The van der Waals surface area contributed by atoms with Crippen molar-refractivity contribution in [2.45, 2.75) is 20.3 Å². The van der Waals surface area contributed by atoms with Gasteiger partial charge >= 0.3 is 0 Å². The monoisotopic (exact) mass is 320 g/mol. The minimum Gasteiger partial charge on any atom is -0.264 e. The van der Waals surface area contributed by atoms with Crippen molar-refractivity contribution in [3.05, 3.63) is 60.2 Å². The van der Waals surface area contributed by atoms with Crippen molar-refractivity contribution in [2.24, 2.45) is 0 Å². The third kappa shape index (κ3) is 2.53. The summed E-state index contributed by atoms with van der Waals surface area (Å²) in [5, 5.41) is 5.97. The lowest BCUT2D eigenvalue weighted by atomic mass is 10.1. The molecule has 4 aromatic heterocycles. The number of aryl methyl sites for hydroxylation is 2. The topological polar surface area (TPSA) is 43.6 Å². The first kappa shape index (κ1) is 14.1. The maximum atomic E-state index is 4.80. The van der Waals surface area contributed by atoms with E-state index < -0.39 is 0 Å². The van der Waals surface area contributed by atoms with Gasteiger partial charge < -0.3 is 0 Å². The Morgan fingerprint density at radius 1 is 1.22 bits per heavy atom. The first-order valence-corrected chi connectivity index (χ1v) is 8.43. The Hall–Kier alpha value is -2.53. The van der Waals surface area contributed by atoms with Gasteiger partial charge in [-0.15, -0.1) is 11.3 Å². The maximum Gasteiger partial charge on any atom is 0.153 e. The quantitative estimate of drug-likeness (QED) is 0.561. The van der Waals surface area contributed by atoms with Crippen molar-refractivity contribution in [2.75, 3.05) is 0 Å². The number of thiophene rings is 1. The van der Waals surface area contributed by atoms with Crippen LogP contribution in [0.3, 0.4) is 0 Å². The summed E-state index contributed by atoms with van der Waals surface area (Å²) in [4.78, 5) is 9.94. The zero-order chi connectivity index (χ0) is 15.8. The Kier molecular flexibility index (Phi) is 3.42. The Morgan fingerprint density at radius 2 is 2.13 bits per heavy atom. The molecule has 0 saturated heterocycles. The van der Waals surface area contributed by atoms with E-state index in [4.69, 9.17) is 5.10 Å². The molecule has 4 rings (SSSR count). The smallest absolute Gasteiger partial charge is 0.153 e. The largest absolute Gasteiger partial charge is 0.264 e. The van der Waals surface area contributed by atoms with Gasteiger partial charge in [-0.2, -0.15) is 5.10 Å². The maximum absolute atomic E-state index is 4.80. The van der Waals surface area contributed by atoms with Gasteiger partial charge in [0.15, 0.2) is 5.82 Å². The summed E-state index contributed by atoms with van der Waals surface area (Å²) in [5.41, 5.74) is 3.26. The average molecular weight is 320 g/mol. The van der Waals surface area contributed by atoms with Gasteiger partial charge in [-0.05, 0) is 43.2 Å². The van der Waals surface area contributed by atoms with Crippen molar-refractivity contribution in [3.8, 4) is 16.4 Å². The molecule has 23 heavy (non-hydrogen) atoms. The molecule has 0 aromatic carbocycles. The Bertz CT molecular complexity index is 951. The summed E-state index contributed by atoms with van der Waals surface area (Å²) in [6.45, 7) is 4.15. The zero-order valence-corrected chi connectivity index (χ0v) is 13.8. The second kappa shape index (κ2) is 5.59. The molecule has 0 aliphatic heterocycles.